The van der Waals surface area contributed by atoms with Crippen molar-refractivity contribution in [3.63, 3.8) is 0 Å². The number of pyridine rings is 1. The summed E-state index contributed by atoms with van der Waals surface area (Å²) in [4.78, 5) is 33.3. The van der Waals surface area contributed by atoms with Crippen molar-refractivity contribution in [1.29, 1.82) is 0 Å². The van der Waals surface area contributed by atoms with E-state index in [2.05, 4.69) is 38.7 Å². The molecule has 2 amide bonds. The van der Waals surface area contributed by atoms with Gasteiger partial charge in [0.2, 0.25) is 0 Å². The van der Waals surface area contributed by atoms with Gasteiger partial charge in [-0.15, -0.1) is 6.58 Å². The number of hydrogen-bond donors (Lipinski definition) is 2. The van der Waals surface area contributed by atoms with Crippen LogP contribution in [0.5, 0.6) is 0 Å². The van der Waals surface area contributed by atoms with E-state index in [1.54, 1.807) is 31.9 Å². The van der Waals surface area contributed by atoms with E-state index in [-0.39, 0.29) is 18.6 Å². The van der Waals surface area contributed by atoms with Crippen LogP contribution in [0.3, 0.4) is 0 Å². The van der Waals surface area contributed by atoms with Crippen molar-refractivity contribution in [2.75, 3.05) is 6.54 Å². The lowest BCUT2D eigenvalue weighted by Crippen LogP contribution is -2.53. The van der Waals surface area contributed by atoms with Gasteiger partial charge < -0.3 is 19.9 Å². The number of aliphatic hydroxyl groups excluding tert-OH is 1. The summed E-state index contributed by atoms with van der Waals surface area (Å²) in [6.45, 7) is 15.6. The Morgan fingerprint density at radius 2 is 1.67 bits per heavy atom. The van der Waals surface area contributed by atoms with Crippen LogP contribution in [-0.2, 0) is 39.9 Å². The molecule has 0 unspecified atom stereocenters. The van der Waals surface area contributed by atoms with Crippen LogP contribution in [0.4, 0.5) is 9.59 Å². The molecule has 4 rings (SSSR count). The zero-order valence-corrected chi connectivity index (χ0v) is 28.1. The van der Waals surface area contributed by atoms with Gasteiger partial charge >= 0.3 is 12.2 Å². The molecule has 3 aromatic rings. The van der Waals surface area contributed by atoms with Crippen molar-refractivity contribution < 1.29 is 24.2 Å². The molecule has 0 bridgehead atoms. The largest absolute Gasteiger partial charge is 0.445 e. The Bertz CT molecular complexity index is 1490. The fourth-order valence-corrected chi connectivity index (χ4v) is 5.52. The van der Waals surface area contributed by atoms with E-state index < -0.39 is 35.5 Å². The summed E-state index contributed by atoms with van der Waals surface area (Å²) < 4.78 is 11.4. The molecule has 0 spiro atoms. The molecule has 2 aromatic carbocycles. The van der Waals surface area contributed by atoms with Crippen molar-refractivity contribution in [1.82, 2.24) is 15.2 Å². The van der Waals surface area contributed by atoms with Crippen LogP contribution in [0, 0.1) is 0 Å². The maximum Gasteiger partial charge on any atom is 0.410 e. The fourth-order valence-electron chi connectivity index (χ4n) is 5.52. The van der Waals surface area contributed by atoms with Crippen LogP contribution in [0.25, 0.3) is 0 Å². The molecule has 8 heteroatoms. The van der Waals surface area contributed by atoms with Gasteiger partial charge in [0.1, 0.15) is 12.2 Å². The van der Waals surface area contributed by atoms with Crippen molar-refractivity contribution in [2.45, 2.75) is 103 Å². The fraction of sp³-hybridized carbons (Fsp3) is 0.447. The molecule has 1 heterocycles. The van der Waals surface area contributed by atoms with Crippen molar-refractivity contribution >= 4 is 12.2 Å². The molecule has 246 valence electrons. The predicted molar refractivity (Wildman–Crippen MR) is 180 cm³/mol. The van der Waals surface area contributed by atoms with Crippen LogP contribution in [-0.4, -0.2) is 51.5 Å². The zero-order valence-electron chi connectivity index (χ0n) is 28.1. The lowest BCUT2D eigenvalue weighted by molar-refractivity contribution is 0.0225. The first-order valence-electron chi connectivity index (χ1n) is 16.0. The molecular formula is C38H49N3O5. The number of hydrogen-bond acceptors (Lipinski definition) is 6. The van der Waals surface area contributed by atoms with Crippen LogP contribution < -0.4 is 5.32 Å². The minimum atomic E-state index is -1.15. The molecule has 0 radical (unpaired) electrons. The smallest absolute Gasteiger partial charge is 0.410 e. The zero-order chi connectivity index (χ0) is 33.5. The number of allylic oxidation sites excluding steroid dienone is 1. The second kappa shape index (κ2) is 14.5. The second-order valence-electron chi connectivity index (χ2n) is 14.2. The molecule has 0 aliphatic heterocycles. The van der Waals surface area contributed by atoms with Crippen molar-refractivity contribution in [2.24, 2.45) is 0 Å². The van der Waals surface area contributed by atoms with Gasteiger partial charge in [-0.1, -0.05) is 81.4 Å². The van der Waals surface area contributed by atoms with E-state index in [1.807, 2.05) is 66.7 Å². The Labute approximate surface area is 273 Å². The summed E-state index contributed by atoms with van der Waals surface area (Å²) in [7, 11) is 0. The summed E-state index contributed by atoms with van der Waals surface area (Å²) in [6, 6.07) is 20.7. The summed E-state index contributed by atoms with van der Waals surface area (Å²) in [6.07, 6.45) is 3.65. The maximum atomic E-state index is 13.9. The summed E-state index contributed by atoms with van der Waals surface area (Å²) in [5.74, 6) is 0. The molecule has 1 saturated carbocycles. The van der Waals surface area contributed by atoms with Crippen LogP contribution in [0.2, 0.25) is 0 Å². The molecule has 0 saturated heterocycles. The average molecular weight is 628 g/mol. The average Bonchev–Trinajstić information content (AvgIpc) is 3.80. The topological polar surface area (TPSA) is 101 Å². The molecule has 1 aliphatic carbocycles. The Kier molecular flexibility index (Phi) is 10.9. The van der Waals surface area contributed by atoms with Gasteiger partial charge in [0.25, 0.3) is 0 Å². The van der Waals surface area contributed by atoms with Crippen LogP contribution >= 0.6 is 0 Å². The van der Waals surface area contributed by atoms with Gasteiger partial charge in [-0.25, -0.2) is 9.59 Å². The Morgan fingerprint density at radius 3 is 2.30 bits per heavy atom. The molecule has 8 nitrogen and oxygen atoms in total. The summed E-state index contributed by atoms with van der Waals surface area (Å²) in [5, 5.41) is 14.8. The molecule has 1 fully saturated rings. The first kappa shape index (κ1) is 34.7. The molecular weight excluding hydrogens is 578 g/mol. The molecule has 1 aliphatic rings. The first-order valence-corrected chi connectivity index (χ1v) is 16.0. The molecule has 2 N–H and O–H groups in total. The minimum Gasteiger partial charge on any atom is -0.445 e. The number of nitrogens with zero attached hydrogens (tertiary/aromatic N) is 2. The van der Waals surface area contributed by atoms with E-state index in [0.29, 0.717) is 25.7 Å². The third-order valence-corrected chi connectivity index (χ3v) is 8.13. The standard InChI is InChI=1S/C38H49N3O5/c1-8-13-27-16-12-17-29(22-27)23-31(40-34(43)46-37(5,6)7)32(42)25-41(35(44)45-26-28-14-10-9-11-15-28)38(19-20-38)33-24-30(18-21-39-33)36(2,3)4/h8-12,14-18,21-22,24,31-32,42H,1,13,19-20,23,25-26H2,2-7H3,(H,40,43)/t31-,32+/m0/s1. The normalized spacial score (nSPS) is 15.3. The number of nitrogens with one attached hydrogen (secondary N) is 1. The van der Waals surface area contributed by atoms with E-state index in [1.165, 1.54) is 0 Å². The quantitative estimate of drug-likeness (QED) is 0.206. The van der Waals surface area contributed by atoms with Gasteiger partial charge in [0, 0.05) is 6.20 Å². The number of aromatic nitrogens is 1. The van der Waals surface area contributed by atoms with Gasteiger partial charge in [-0.2, -0.15) is 0 Å². The minimum absolute atomic E-state index is 0.0815. The summed E-state index contributed by atoms with van der Waals surface area (Å²) in [5.41, 5.74) is 3.15. The third kappa shape index (κ3) is 9.42. The number of amides is 2. The summed E-state index contributed by atoms with van der Waals surface area (Å²) >= 11 is 0. The lowest BCUT2D eigenvalue weighted by Gasteiger charge is -2.35. The number of ether oxygens (including phenoxy) is 2. The number of carbonyl (C=O) groups excluding carboxylic acids is 2. The highest BCUT2D eigenvalue weighted by Gasteiger charge is 2.54. The molecule has 1 aromatic heterocycles. The number of aliphatic hydroxyl groups is 1. The number of alkyl carbamates (subject to hydrolysis) is 1. The second-order valence-corrected chi connectivity index (χ2v) is 14.2. The van der Waals surface area contributed by atoms with Crippen LogP contribution in [0.15, 0.2) is 85.6 Å². The van der Waals surface area contributed by atoms with Crippen molar-refractivity contribution in [3.05, 3.63) is 114 Å². The molecule has 46 heavy (non-hydrogen) atoms. The third-order valence-electron chi connectivity index (χ3n) is 8.13. The highest BCUT2D eigenvalue weighted by molar-refractivity contribution is 5.70. The number of rotatable bonds is 12. The van der Waals surface area contributed by atoms with E-state index in [9.17, 15) is 14.7 Å². The first-order chi connectivity index (χ1) is 21.7. The Balaban J connectivity index is 1.66. The maximum absolute atomic E-state index is 13.9. The SMILES string of the molecule is C=CCc1cccc(C[C@H](NC(=O)OC(C)(C)C)[C@H](O)CN(C(=O)OCc2ccccc2)C2(c3cc(C(C)(C)C)ccn3)CC2)c1. The highest BCUT2D eigenvalue weighted by atomic mass is 16.6. The lowest BCUT2D eigenvalue weighted by atomic mass is 9.86. The Morgan fingerprint density at radius 1 is 1.00 bits per heavy atom. The van der Waals surface area contributed by atoms with Gasteiger partial charge in [0.05, 0.1) is 29.9 Å². The monoisotopic (exact) mass is 627 g/mol. The van der Waals surface area contributed by atoms with E-state index >= 15 is 0 Å². The molecule has 2 atom stereocenters. The van der Waals surface area contributed by atoms with Gasteiger partial charge in [-0.05, 0) is 86.3 Å². The van der Waals surface area contributed by atoms with Crippen LogP contribution in [0.1, 0.15) is 82.3 Å². The van der Waals surface area contributed by atoms with Gasteiger partial charge in [-0.3, -0.25) is 9.88 Å². The highest BCUT2D eigenvalue weighted by Crippen LogP contribution is 2.51. The predicted octanol–water partition coefficient (Wildman–Crippen LogP) is 7.23. The number of carbonyl (C=O) groups is 2. The Hall–Kier alpha value is -4.17. The van der Waals surface area contributed by atoms with Crippen molar-refractivity contribution in [3.8, 4) is 0 Å². The number of benzene rings is 2. The van der Waals surface area contributed by atoms with E-state index in [4.69, 9.17) is 14.5 Å². The van der Waals surface area contributed by atoms with Gasteiger partial charge in [0.15, 0.2) is 0 Å². The van der Waals surface area contributed by atoms with E-state index in [0.717, 1.165) is 27.9 Å².